The number of aromatic nitrogens is 12. The van der Waals surface area contributed by atoms with Crippen molar-refractivity contribution in [1.82, 2.24) is 131 Å². The predicted molar refractivity (Wildman–Crippen MR) is 551 cm³/mol. The predicted octanol–water partition coefficient (Wildman–Crippen LogP) is 2.27. The van der Waals surface area contributed by atoms with Crippen LogP contribution in [-0.4, -0.2) is 287 Å². The van der Waals surface area contributed by atoms with Crippen molar-refractivity contribution in [2.24, 2.45) is 25.9 Å². The molecule has 19 rings (SSSR count). The van der Waals surface area contributed by atoms with Crippen LogP contribution in [0.15, 0.2) is 164 Å². The molecular formula is C93H106Cl4N38O14S. The maximum Gasteiger partial charge on any atom is 0.280 e. The Bertz CT molecular complexity index is 7080. The number of anilines is 8. The molecule has 4 spiro atoms. The van der Waals surface area contributed by atoms with E-state index in [1.165, 1.54) is 30.6 Å². The molecule has 150 heavy (non-hydrogen) atoms. The van der Waals surface area contributed by atoms with Gasteiger partial charge in [-0.15, -0.1) is 0 Å². The van der Waals surface area contributed by atoms with Crippen LogP contribution in [0.1, 0.15) is 170 Å². The number of nitrogens with two attached hydrogens (primary N) is 8. The van der Waals surface area contributed by atoms with E-state index in [-0.39, 0.29) is 208 Å². The summed E-state index contributed by atoms with van der Waals surface area (Å²) in [5.74, 6) is -2.00. The first kappa shape index (κ1) is 106. The van der Waals surface area contributed by atoms with Gasteiger partial charge in [-0.1, -0.05) is 94.9 Å². The summed E-state index contributed by atoms with van der Waals surface area (Å²) >= 11 is 23.4. The van der Waals surface area contributed by atoms with Gasteiger partial charge in [-0.3, -0.25) is 94.0 Å². The van der Waals surface area contributed by atoms with Crippen LogP contribution in [0.4, 0.5) is 46.5 Å². The highest BCUT2D eigenvalue weighted by atomic mass is 35.5. The van der Waals surface area contributed by atoms with Crippen molar-refractivity contribution < 1.29 is 65.6 Å². The Hall–Kier alpha value is -16.6. The fourth-order valence-electron chi connectivity index (χ4n) is 18.0. The van der Waals surface area contributed by atoms with Crippen molar-refractivity contribution in [2.45, 2.75) is 130 Å². The van der Waals surface area contributed by atoms with E-state index in [0.29, 0.717) is 178 Å². The maximum atomic E-state index is 13.1. The Morgan fingerprint density at radius 1 is 0.467 bits per heavy atom. The Morgan fingerprint density at radius 3 is 1.28 bits per heavy atom. The molecule has 17 heterocycles. The van der Waals surface area contributed by atoms with Gasteiger partial charge in [-0.2, -0.15) is 5.10 Å². The lowest BCUT2D eigenvalue weighted by molar-refractivity contribution is -0.137. The third-order valence-electron chi connectivity index (χ3n) is 26.6. The topological polar surface area (TPSA) is 756 Å². The summed E-state index contributed by atoms with van der Waals surface area (Å²) in [5, 5.41) is 30.2. The molecule has 10 aromatic rings. The van der Waals surface area contributed by atoms with Crippen LogP contribution in [0.25, 0.3) is 5.82 Å². The number of nitrogens with zero attached hydrogens (tertiary/aromatic N) is 21. The molecule has 1 unspecified atom stereocenters. The van der Waals surface area contributed by atoms with Gasteiger partial charge in [-0.05, 0) is 112 Å². The number of aliphatic imine (C=N–C) groups is 4. The summed E-state index contributed by atoms with van der Waals surface area (Å²) in [7, 11) is -3.81. The summed E-state index contributed by atoms with van der Waals surface area (Å²) in [6.07, 6.45) is 14.7. The normalized spacial score (nSPS) is 17.6. The molecule has 9 aliphatic rings. The number of benzene rings is 2. The van der Waals surface area contributed by atoms with Crippen LogP contribution < -0.4 is 93.7 Å². The molecule has 2 atom stereocenters. The number of piperidine rings is 4. The number of ketones is 1. The van der Waals surface area contributed by atoms with Gasteiger partial charge in [0.2, 0.25) is 29.5 Å². The number of hydrogen-bond donors (Lipinski definition) is 17. The maximum absolute atomic E-state index is 13.1. The minimum absolute atomic E-state index is 0.000289. The summed E-state index contributed by atoms with van der Waals surface area (Å²) in [4.78, 5) is 201. The SMILES string of the molecule is C[C@@H](NC(=O)CCC(=O)N1CCC2(CC1)CN=C(NC(=O)c1nc(Cl)c(N)nc1N)N2)c1ccccc1.Nc1nc(N)c(C(=O)NC2=NCC3(CCN(C(=O)C4CC(=O)N(Cc5ccco5)C4)CC3)N2)nc1Cl.Nc1nc(N)c(C(=O)NC2=NCC3(CCN(C(=O)CCC(=O)c4ccn(S(=O)(=O)c5ccccc5)c4)CC3)N2)nc1Cl.Nc1nc(N)c(C(=O)NC2=NCC3(CCN(C(=O)c4ccc(-n5cccn5)nc4)CC3)N2)nc1Cl. The first-order valence-electron chi connectivity index (χ1n) is 47.4. The van der Waals surface area contributed by atoms with Gasteiger partial charge in [0.05, 0.1) is 83.6 Å². The lowest BCUT2D eigenvalue weighted by atomic mass is 9.87. The van der Waals surface area contributed by atoms with Gasteiger partial charge in [0, 0.05) is 128 Å². The van der Waals surface area contributed by atoms with Crippen LogP contribution in [-0.2, 0) is 40.5 Å². The lowest BCUT2D eigenvalue weighted by Crippen LogP contribution is -2.57. The van der Waals surface area contributed by atoms with E-state index in [0.717, 1.165) is 9.54 Å². The molecule has 25 N–H and O–H groups in total. The Kier molecular flexibility index (Phi) is 32.2. The second-order valence-corrected chi connectivity index (χ2v) is 40.1. The van der Waals surface area contributed by atoms with E-state index in [9.17, 15) is 61.2 Å². The van der Waals surface area contributed by atoms with E-state index < -0.39 is 39.2 Å². The molecule has 52 nitrogen and oxygen atoms in total. The third kappa shape index (κ3) is 25.1. The average molecular weight is 2150 g/mol. The molecule has 786 valence electrons. The summed E-state index contributed by atoms with van der Waals surface area (Å²) in [5.41, 5.74) is 44.8. The Balaban J connectivity index is 0.000000143. The second-order valence-electron chi connectivity index (χ2n) is 36.8. The number of hydrogen-bond acceptors (Lipinski definition) is 40. The van der Waals surface area contributed by atoms with E-state index in [1.54, 1.807) is 91.6 Å². The van der Waals surface area contributed by atoms with E-state index >= 15 is 0 Å². The van der Waals surface area contributed by atoms with Crippen molar-refractivity contribution in [1.29, 1.82) is 0 Å². The quantitative estimate of drug-likeness (QED) is 0.0487. The van der Waals surface area contributed by atoms with Crippen LogP contribution >= 0.6 is 46.4 Å². The molecule has 0 aliphatic carbocycles. The zero-order valence-electron chi connectivity index (χ0n) is 80.6. The monoisotopic (exact) mass is 2150 g/mol. The number of nitrogen functional groups attached to an aromatic ring is 8. The van der Waals surface area contributed by atoms with Crippen LogP contribution in [0, 0.1) is 5.92 Å². The second kappa shape index (κ2) is 45.4. The molecule has 5 saturated heterocycles. The van der Waals surface area contributed by atoms with Crippen molar-refractivity contribution in [3.8, 4) is 5.82 Å². The molecule has 5 fully saturated rings. The summed E-state index contributed by atoms with van der Waals surface area (Å²) < 4.78 is 33.5. The molecule has 0 bridgehead atoms. The molecule has 0 radical (unpaired) electrons. The number of carbonyl (C=O) groups is 11. The minimum Gasteiger partial charge on any atom is -0.467 e. The van der Waals surface area contributed by atoms with Crippen LogP contribution in [0.5, 0.6) is 0 Å². The van der Waals surface area contributed by atoms with Crippen molar-refractivity contribution in [2.75, 3.05) is 131 Å². The lowest BCUT2D eigenvalue weighted by Gasteiger charge is -2.40. The van der Waals surface area contributed by atoms with E-state index in [2.05, 4.69) is 118 Å². The highest BCUT2D eigenvalue weighted by molar-refractivity contribution is 7.90. The van der Waals surface area contributed by atoms with Gasteiger partial charge >= 0.3 is 0 Å². The standard InChI is InChI=1S/C26H28ClN9O5S.C24H30ClN9O3.C22H26ClN9O4.C21H22ClN11O2/c27-21-23(29)32-22(28)20(31-21)24(39)33-25-30-15-26(34-25)9-12-35(13-10-26)19(38)7-6-18(37)16-8-11-36(14-16)42(40,41)17-4-2-1-3-5-17;1-14(15-5-3-2-4-6-15)29-16(35)7-8-17(36)34-11-9-24(10-12-34)13-28-23(33-24)32-22(37)18-20(26)31-21(27)19(25)30-18;23-16-18(25)28-17(24)15(27-16)19(34)29-21-26-11-22(30-21)3-5-31(6-4-22)20(35)12-8-14(33)32(9-12)10-13-2-1-7-36-13;22-15-17(24)29-16(23)14(28-15)18(34)30-20-26-11-21(31-20)4-8-32(9-5-21)19(35)12-2-3-13(25-10-12)33-7-1-6-27-33/h1-5,8,11,14H,6-7,9-10,12-13,15H2,(H4,28,29,32)(H2,30,33,34,39);2-6,14H,7-13H2,1H3,(H,29,35)(H4,26,27,31)(H2,28,32,33,37);1-2,7,12H,3-6,8-11H2,(H4,24,25,28)(H2,26,29,30,34);1-3,6-7,10H,4-5,8-9,11H2,(H4,23,24,29)(H2,26,30,31,34)/t;14-;;/m.1../s1. The van der Waals surface area contributed by atoms with Crippen LogP contribution in [0.3, 0.4) is 0 Å². The van der Waals surface area contributed by atoms with Crippen molar-refractivity contribution in [3.63, 3.8) is 0 Å². The first-order chi connectivity index (χ1) is 71.7. The summed E-state index contributed by atoms with van der Waals surface area (Å²) in [6, 6.07) is 27.8. The number of furan rings is 1. The largest absolute Gasteiger partial charge is 0.467 e. The Morgan fingerprint density at radius 2 is 0.880 bits per heavy atom. The molecule has 9 aliphatic heterocycles. The minimum atomic E-state index is -3.81. The van der Waals surface area contributed by atoms with E-state index in [4.69, 9.17) is 96.7 Å². The number of carbonyl (C=O) groups excluding carboxylic acids is 11. The first-order valence-corrected chi connectivity index (χ1v) is 50.3. The number of halogens is 4. The van der Waals surface area contributed by atoms with Gasteiger partial charge in [-0.25, -0.2) is 61.9 Å². The zero-order valence-corrected chi connectivity index (χ0v) is 84.4. The fourth-order valence-corrected chi connectivity index (χ4v) is 19.8. The van der Waals surface area contributed by atoms with Gasteiger partial charge < -0.3 is 101 Å². The fraction of sp³-hybridized carbons (Fsp3) is 0.366. The molecular weight excluding hydrogens is 2050 g/mol. The van der Waals surface area contributed by atoms with Gasteiger partial charge in [0.25, 0.3) is 39.6 Å². The third-order valence-corrected chi connectivity index (χ3v) is 29.4. The number of rotatable bonds is 20. The molecule has 8 aromatic heterocycles. The Labute approximate surface area is 875 Å². The number of likely N-dealkylation sites (tertiary alicyclic amines) is 5. The number of Topliss-reactive ketones (excluding diaryl/α,β-unsaturated/α-hetero) is 1. The highest BCUT2D eigenvalue weighted by Crippen LogP contribution is 2.35. The van der Waals surface area contributed by atoms with Gasteiger partial charge in [0.15, 0.2) is 125 Å². The molecule has 2 aromatic carbocycles. The highest BCUT2D eigenvalue weighted by Gasteiger charge is 2.47. The number of pyridine rings is 1. The number of guanidine groups is 4. The molecule has 0 saturated carbocycles. The van der Waals surface area contributed by atoms with Gasteiger partial charge in [0.1, 0.15) is 5.76 Å². The van der Waals surface area contributed by atoms with Crippen LogP contribution in [0.2, 0.25) is 20.6 Å². The molecule has 57 heteroatoms. The number of amides is 10. The zero-order chi connectivity index (χ0) is 107. The number of nitrogens with one attached hydrogen (secondary N) is 9. The van der Waals surface area contributed by atoms with Crippen molar-refractivity contribution in [3.05, 3.63) is 200 Å². The average Bonchev–Trinajstić information content (AvgIpc) is 1.66. The molecule has 10 amide bonds. The summed E-state index contributed by atoms with van der Waals surface area (Å²) in [6.45, 7) is 8.49. The van der Waals surface area contributed by atoms with E-state index in [1.807, 2.05) is 48.2 Å². The van der Waals surface area contributed by atoms with Crippen molar-refractivity contribution >= 4 is 192 Å². The smallest absolute Gasteiger partial charge is 0.280 e.